The Morgan fingerprint density at radius 2 is 2.07 bits per heavy atom. The van der Waals surface area contributed by atoms with Gasteiger partial charge in [0.25, 0.3) is 0 Å². The van der Waals surface area contributed by atoms with Gasteiger partial charge in [0.1, 0.15) is 11.6 Å². The SMILES string of the molecule is CCCc1[nH]nc2c1[C@H](c1c(Cl)noc1C)C(C#N)=C(N)N2c1ccccc1. The third-order valence-electron chi connectivity index (χ3n) is 4.96. The zero-order valence-corrected chi connectivity index (χ0v) is 16.3. The third kappa shape index (κ3) is 2.65. The molecule has 0 aliphatic carbocycles. The number of anilines is 2. The number of allylic oxidation sites excluding steroid dienone is 1. The lowest BCUT2D eigenvalue weighted by atomic mass is 9.82. The van der Waals surface area contributed by atoms with Crippen molar-refractivity contribution >= 4 is 23.1 Å². The molecule has 0 amide bonds. The first-order valence-electron chi connectivity index (χ1n) is 9.02. The molecular weight excluding hydrogens is 376 g/mol. The number of H-pyrrole nitrogens is 1. The predicted octanol–water partition coefficient (Wildman–Crippen LogP) is 4.29. The fraction of sp³-hybridized carbons (Fsp3) is 0.250. The van der Waals surface area contributed by atoms with Gasteiger partial charge in [0.05, 0.1) is 17.6 Å². The molecule has 1 atom stereocenters. The highest BCUT2D eigenvalue weighted by molar-refractivity contribution is 6.30. The maximum absolute atomic E-state index is 10.0. The largest absolute Gasteiger partial charge is 0.384 e. The molecule has 3 N–H and O–H groups in total. The van der Waals surface area contributed by atoms with Crippen LogP contribution in [0.3, 0.4) is 0 Å². The number of halogens is 1. The standard InChI is InChI=1S/C20H19ClN6O/c1-3-7-14-17-16(15-11(2)28-26-18(15)21)13(10-22)19(23)27(20(17)25-24-14)12-8-5-4-6-9-12/h4-6,8-9,16H,3,7,23H2,1-2H3,(H,24,25)/t16-/m0/s1. The topological polar surface area (TPSA) is 108 Å². The number of aryl methyl sites for hydroxylation is 2. The zero-order valence-electron chi connectivity index (χ0n) is 15.5. The Morgan fingerprint density at radius 3 is 2.68 bits per heavy atom. The maximum atomic E-state index is 10.0. The van der Waals surface area contributed by atoms with Crippen LogP contribution < -0.4 is 10.6 Å². The molecule has 142 valence electrons. The lowest BCUT2D eigenvalue weighted by Crippen LogP contribution is -2.31. The number of nitrogens with zero attached hydrogens (tertiary/aromatic N) is 4. The lowest BCUT2D eigenvalue weighted by molar-refractivity contribution is 0.396. The highest BCUT2D eigenvalue weighted by Gasteiger charge is 2.40. The fourth-order valence-corrected chi connectivity index (χ4v) is 4.02. The summed E-state index contributed by atoms with van der Waals surface area (Å²) in [7, 11) is 0. The van der Waals surface area contributed by atoms with E-state index in [4.69, 9.17) is 21.9 Å². The van der Waals surface area contributed by atoms with Crippen molar-refractivity contribution in [3.63, 3.8) is 0 Å². The van der Waals surface area contributed by atoms with Crippen LogP contribution in [-0.4, -0.2) is 15.4 Å². The van der Waals surface area contributed by atoms with E-state index in [2.05, 4.69) is 28.3 Å². The molecule has 8 heteroatoms. The predicted molar refractivity (Wildman–Crippen MR) is 106 cm³/mol. The molecule has 4 rings (SSSR count). The minimum atomic E-state index is -0.487. The normalized spacial score (nSPS) is 16.2. The molecule has 1 aromatic carbocycles. The Hall–Kier alpha value is -3.24. The number of hydrogen-bond donors (Lipinski definition) is 2. The smallest absolute Gasteiger partial charge is 0.176 e. The summed E-state index contributed by atoms with van der Waals surface area (Å²) in [5, 5.41) is 21.8. The van der Waals surface area contributed by atoms with E-state index in [1.165, 1.54) is 0 Å². The van der Waals surface area contributed by atoms with Gasteiger partial charge in [-0.15, -0.1) is 0 Å². The molecule has 3 aromatic rings. The second-order valence-electron chi connectivity index (χ2n) is 6.65. The summed E-state index contributed by atoms with van der Waals surface area (Å²) in [5.74, 6) is 1.04. The molecule has 0 fully saturated rings. The van der Waals surface area contributed by atoms with Crippen LogP contribution in [0.1, 0.15) is 41.8 Å². The molecule has 7 nitrogen and oxygen atoms in total. The average molecular weight is 395 g/mol. The van der Waals surface area contributed by atoms with Gasteiger partial charge in [0.15, 0.2) is 11.0 Å². The molecule has 0 saturated carbocycles. The molecule has 1 aliphatic rings. The van der Waals surface area contributed by atoms with Crippen LogP contribution in [0.2, 0.25) is 5.15 Å². The van der Waals surface area contributed by atoms with Crippen molar-refractivity contribution in [1.82, 2.24) is 15.4 Å². The molecular formula is C20H19ClN6O. The molecule has 0 saturated heterocycles. The van der Waals surface area contributed by atoms with Crippen molar-refractivity contribution < 1.29 is 4.52 Å². The Bertz CT molecular complexity index is 1070. The number of aromatic nitrogens is 3. The Morgan fingerprint density at radius 1 is 1.32 bits per heavy atom. The van der Waals surface area contributed by atoms with E-state index in [0.29, 0.717) is 28.5 Å². The summed E-state index contributed by atoms with van der Waals surface area (Å²) >= 11 is 6.34. The van der Waals surface area contributed by atoms with Gasteiger partial charge < -0.3 is 10.3 Å². The van der Waals surface area contributed by atoms with E-state index in [0.717, 1.165) is 29.8 Å². The van der Waals surface area contributed by atoms with Crippen LogP contribution in [0.4, 0.5) is 11.5 Å². The van der Waals surface area contributed by atoms with Gasteiger partial charge in [-0.2, -0.15) is 10.4 Å². The first kappa shape index (κ1) is 18.1. The molecule has 0 unspecified atom stereocenters. The number of para-hydroxylation sites is 1. The second kappa shape index (κ2) is 7.06. The van der Waals surface area contributed by atoms with E-state index < -0.39 is 5.92 Å². The van der Waals surface area contributed by atoms with Crippen molar-refractivity contribution in [3.05, 3.63) is 69.5 Å². The quantitative estimate of drug-likeness (QED) is 0.683. The second-order valence-corrected chi connectivity index (χ2v) is 7.01. The van der Waals surface area contributed by atoms with E-state index in [9.17, 15) is 5.26 Å². The summed E-state index contributed by atoms with van der Waals surface area (Å²) in [6, 6.07) is 11.9. The third-order valence-corrected chi connectivity index (χ3v) is 5.23. The number of hydrogen-bond acceptors (Lipinski definition) is 6. The van der Waals surface area contributed by atoms with Crippen molar-refractivity contribution in [2.75, 3.05) is 4.90 Å². The minimum absolute atomic E-state index is 0.228. The van der Waals surface area contributed by atoms with E-state index >= 15 is 0 Å². The van der Waals surface area contributed by atoms with Gasteiger partial charge in [0.2, 0.25) is 0 Å². The molecule has 0 radical (unpaired) electrons. The molecule has 1 aliphatic heterocycles. The fourth-order valence-electron chi connectivity index (χ4n) is 3.74. The van der Waals surface area contributed by atoms with Crippen LogP contribution >= 0.6 is 11.6 Å². The first-order chi connectivity index (χ1) is 13.6. The first-order valence-corrected chi connectivity index (χ1v) is 9.39. The van der Waals surface area contributed by atoms with Gasteiger partial charge in [-0.3, -0.25) is 10.00 Å². The molecule has 0 bridgehead atoms. The summed E-state index contributed by atoms with van der Waals surface area (Å²) in [5.41, 5.74) is 10.2. The number of aromatic amines is 1. The van der Waals surface area contributed by atoms with Crippen LogP contribution in [0, 0.1) is 18.3 Å². The van der Waals surface area contributed by atoms with Crippen molar-refractivity contribution in [2.24, 2.45) is 5.73 Å². The highest BCUT2D eigenvalue weighted by atomic mass is 35.5. The Balaban J connectivity index is 2.03. The van der Waals surface area contributed by atoms with Crippen molar-refractivity contribution in [2.45, 2.75) is 32.6 Å². The van der Waals surface area contributed by atoms with Gasteiger partial charge in [-0.05, 0) is 25.5 Å². The molecule has 3 heterocycles. The monoisotopic (exact) mass is 394 g/mol. The Labute approximate surface area is 167 Å². The highest BCUT2D eigenvalue weighted by Crippen LogP contribution is 2.48. The van der Waals surface area contributed by atoms with Gasteiger partial charge in [-0.25, -0.2) is 0 Å². The average Bonchev–Trinajstić information content (AvgIpc) is 3.25. The van der Waals surface area contributed by atoms with Crippen LogP contribution in [0.25, 0.3) is 0 Å². The van der Waals surface area contributed by atoms with Crippen molar-refractivity contribution in [1.29, 1.82) is 5.26 Å². The number of rotatable bonds is 4. The summed E-state index contributed by atoms with van der Waals surface area (Å²) in [6.45, 7) is 3.87. The van der Waals surface area contributed by atoms with E-state index in [1.54, 1.807) is 11.8 Å². The molecule has 2 aromatic heterocycles. The summed E-state index contributed by atoms with van der Waals surface area (Å²) in [6.07, 6.45) is 1.70. The number of benzene rings is 1. The van der Waals surface area contributed by atoms with E-state index in [1.807, 2.05) is 30.3 Å². The zero-order chi connectivity index (χ0) is 19.8. The number of fused-ring (bicyclic) bond motifs is 1. The number of nitrogens with one attached hydrogen (secondary N) is 1. The molecule has 28 heavy (non-hydrogen) atoms. The van der Waals surface area contributed by atoms with Gasteiger partial charge in [-0.1, -0.05) is 48.3 Å². The van der Waals surface area contributed by atoms with Crippen molar-refractivity contribution in [3.8, 4) is 6.07 Å². The summed E-state index contributed by atoms with van der Waals surface area (Å²) < 4.78 is 5.28. The molecule has 0 spiro atoms. The van der Waals surface area contributed by atoms with E-state index in [-0.39, 0.29) is 5.15 Å². The maximum Gasteiger partial charge on any atom is 0.176 e. The van der Waals surface area contributed by atoms with Gasteiger partial charge in [0, 0.05) is 22.5 Å². The lowest BCUT2D eigenvalue weighted by Gasteiger charge is -2.33. The number of nitrogens with two attached hydrogens (primary N) is 1. The van der Waals surface area contributed by atoms with Crippen LogP contribution in [-0.2, 0) is 6.42 Å². The van der Waals surface area contributed by atoms with Crippen LogP contribution in [0.5, 0.6) is 0 Å². The minimum Gasteiger partial charge on any atom is -0.384 e. The number of nitriles is 1. The van der Waals surface area contributed by atoms with Gasteiger partial charge >= 0.3 is 0 Å². The van der Waals surface area contributed by atoms with Crippen LogP contribution in [0.15, 0.2) is 46.2 Å². The summed E-state index contributed by atoms with van der Waals surface area (Å²) in [4.78, 5) is 1.80. The Kier molecular flexibility index (Phi) is 4.57.